The molecule has 178 valence electrons. The highest BCUT2D eigenvalue weighted by Crippen LogP contribution is 2.26. The van der Waals surface area contributed by atoms with Gasteiger partial charge in [0, 0.05) is 34.9 Å². The van der Waals surface area contributed by atoms with Crippen LogP contribution in [0.15, 0.2) is 72.9 Å². The van der Waals surface area contributed by atoms with Gasteiger partial charge >= 0.3 is 5.97 Å². The molecule has 0 saturated carbocycles. The van der Waals surface area contributed by atoms with Crippen molar-refractivity contribution in [1.29, 1.82) is 0 Å². The minimum atomic E-state index is -1.03. The number of carbonyl (C=O) groups is 3. The van der Waals surface area contributed by atoms with Crippen molar-refractivity contribution in [3.8, 4) is 11.1 Å². The fourth-order valence-corrected chi connectivity index (χ4v) is 4.01. The Labute approximate surface area is 201 Å². The van der Waals surface area contributed by atoms with Crippen LogP contribution in [-0.2, 0) is 11.2 Å². The molecular formula is C27H26N4O4. The van der Waals surface area contributed by atoms with Crippen molar-refractivity contribution in [3.63, 3.8) is 0 Å². The zero-order valence-corrected chi connectivity index (χ0v) is 19.0. The average Bonchev–Trinajstić information content (AvgIpc) is 3.26. The largest absolute Gasteiger partial charge is 0.481 e. The lowest BCUT2D eigenvalue weighted by molar-refractivity contribution is -0.136. The molecule has 0 spiro atoms. The van der Waals surface area contributed by atoms with E-state index in [0.29, 0.717) is 5.69 Å². The number of nitrogen functional groups attached to an aromatic ring is 1. The SMILES string of the molecule is Nc1ccc(-c2ccc(C(=O)NCCC(=O)O)c(C(=O)[C@@H](N)Cc3c[nH]c4ccccc34)c2)cc1. The molecule has 4 rings (SSSR count). The molecule has 35 heavy (non-hydrogen) atoms. The number of amides is 1. The zero-order chi connectivity index (χ0) is 24.9. The Kier molecular flexibility index (Phi) is 6.93. The van der Waals surface area contributed by atoms with Crippen LogP contribution in [0.25, 0.3) is 22.0 Å². The number of ketones is 1. The van der Waals surface area contributed by atoms with Crippen LogP contribution in [0.3, 0.4) is 0 Å². The van der Waals surface area contributed by atoms with E-state index in [0.717, 1.165) is 27.6 Å². The van der Waals surface area contributed by atoms with Crippen LogP contribution in [-0.4, -0.2) is 40.3 Å². The summed E-state index contributed by atoms with van der Waals surface area (Å²) in [5.41, 5.74) is 16.5. The summed E-state index contributed by atoms with van der Waals surface area (Å²) in [6.07, 6.45) is 1.90. The first kappa shape index (κ1) is 23.7. The second-order valence-electron chi connectivity index (χ2n) is 8.32. The Hall–Kier alpha value is -4.43. The summed E-state index contributed by atoms with van der Waals surface area (Å²) < 4.78 is 0. The maximum atomic E-state index is 13.5. The lowest BCUT2D eigenvalue weighted by atomic mass is 9.91. The van der Waals surface area contributed by atoms with Gasteiger partial charge in [-0.3, -0.25) is 14.4 Å². The Morgan fingerprint density at radius 1 is 0.943 bits per heavy atom. The van der Waals surface area contributed by atoms with Gasteiger partial charge in [0.2, 0.25) is 0 Å². The van der Waals surface area contributed by atoms with Crippen molar-refractivity contribution in [1.82, 2.24) is 10.3 Å². The smallest absolute Gasteiger partial charge is 0.305 e. The summed E-state index contributed by atoms with van der Waals surface area (Å²) in [7, 11) is 0. The maximum Gasteiger partial charge on any atom is 0.305 e. The van der Waals surface area contributed by atoms with Gasteiger partial charge in [0.05, 0.1) is 18.0 Å². The number of nitrogens with one attached hydrogen (secondary N) is 2. The first-order chi connectivity index (χ1) is 16.8. The number of nitrogens with two attached hydrogens (primary N) is 2. The number of aromatic nitrogens is 1. The summed E-state index contributed by atoms with van der Waals surface area (Å²) >= 11 is 0. The molecule has 8 nitrogen and oxygen atoms in total. The first-order valence-electron chi connectivity index (χ1n) is 11.2. The highest BCUT2D eigenvalue weighted by atomic mass is 16.4. The first-order valence-corrected chi connectivity index (χ1v) is 11.2. The van der Waals surface area contributed by atoms with Crippen molar-refractivity contribution in [2.24, 2.45) is 5.73 Å². The normalized spacial score (nSPS) is 11.8. The van der Waals surface area contributed by atoms with Gasteiger partial charge < -0.3 is 26.9 Å². The van der Waals surface area contributed by atoms with Crippen LogP contribution in [0.1, 0.15) is 32.7 Å². The summed E-state index contributed by atoms with van der Waals surface area (Å²) in [6.45, 7) is -0.0527. The molecule has 1 heterocycles. The fraction of sp³-hybridized carbons (Fsp3) is 0.148. The fourth-order valence-electron chi connectivity index (χ4n) is 4.01. The molecule has 0 bridgehead atoms. The molecule has 3 aromatic carbocycles. The molecule has 0 radical (unpaired) electrons. The zero-order valence-electron chi connectivity index (χ0n) is 19.0. The van der Waals surface area contributed by atoms with Gasteiger partial charge in [-0.25, -0.2) is 0 Å². The molecule has 0 aliphatic rings. The monoisotopic (exact) mass is 470 g/mol. The van der Waals surface area contributed by atoms with Gasteiger partial charge in [-0.05, 0) is 53.4 Å². The predicted molar refractivity (Wildman–Crippen MR) is 135 cm³/mol. The molecule has 1 amide bonds. The molecule has 0 aliphatic carbocycles. The summed E-state index contributed by atoms with van der Waals surface area (Å²) in [4.78, 5) is 40.4. The van der Waals surface area contributed by atoms with Gasteiger partial charge in [-0.2, -0.15) is 0 Å². The Bertz CT molecular complexity index is 1390. The van der Waals surface area contributed by atoms with E-state index in [4.69, 9.17) is 16.6 Å². The van der Waals surface area contributed by atoms with E-state index in [9.17, 15) is 14.4 Å². The van der Waals surface area contributed by atoms with Gasteiger partial charge in [-0.15, -0.1) is 0 Å². The lowest BCUT2D eigenvalue weighted by Gasteiger charge is -2.15. The number of carboxylic acid groups (broad SMARTS) is 1. The van der Waals surface area contributed by atoms with E-state index in [2.05, 4.69) is 10.3 Å². The van der Waals surface area contributed by atoms with E-state index in [1.54, 1.807) is 30.3 Å². The highest BCUT2D eigenvalue weighted by Gasteiger charge is 2.24. The Morgan fingerprint density at radius 3 is 2.40 bits per heavy atom. The Morgan fingerprint density at radius 2 is 1.66 bits per heavy atom. The molecule has 0 fully saturated rings. The number of hydrogen-bond acceptors (Lipinski definition) is 5. The standard InChI is InChI=1S/C27H26N4O4/c28-19-8-5-16(6-9-19)17-7-10-21(27(35)30-12-11-25(32)33)22(13-17)26(34)23(29)14-18-15-31-24-4-2-1-3-20(18)24/h1-10,13,15,23,31H,11-12,14,28-29H2,(H,30,35)(H,32,33)/t23-/m0/s1. The highest BCUT2D eigenvalue weighted by molar-refractivity contribution is 6.11. The van der Waals surface area contributed by atoms with Gasteiger partial charge in [0.1, 0.15) is 0 Å². The van der Waals surface area contributed by atoms with E-state index >= 15 is 0 Å². The van der Waals surface area contributed by atoms with Crippen LogP contribution < -0.4 is 16.8 Å². The van der Waals surface area contributed by atoms with Crippen LogP contribution in [0.5, 0.6) is 0 Å². The quantitative estimate of drug-likeness (QED) is 0.187. The number of anilines is 1. The number of hydrogen-bond donors (Lipinski definition) is 5. The number of benzene rings is 3. The van der Waals surface area contributed by atoms with Gasteiger partial charge in [0.25, 0.3) is 5.91 Å². The number of fused-ring (bicyclic) bond motifs is 1. The Balaban J connectivity index is 1.66. The third-order valence-corrected chi connectivity index (χ3v) is 5.85. The van der Waals surface area contributed by atoms with E-state index in [-0.39, 0.29) is 36.3 Å². The number of carboxylic acids is 1. The molecule has 1 atom stereocenters. The molecule has 0 aliphatic heterocycles. The van der Waals surface area contributed by atoms with Gasteiger partial charge in [-0.1, -0.05) is 36.4 Å². The van der Waals surface area contributed by atoms with Gasteiger partial charge in [0.15, 0.2) is 5.78 Å². The van der Waals surface area contributed by atoms with Crippen molar-refractivity contribution in [2.45, 2.75) is 18.9 Å². The van der Waals surface area contributed by atoms with Crippen molar-refractivity contribution >= 4 is 34.3 Å². The second-order valence-corrected chi connectivity index (χ2v) is 8.32. The minimum absolute atomic E-state index is 0.0527. The summed E-state index contributed by atoms with van der Waals surface area (Å²) in [5, 5.41) is 12.4. The van der Waals surface area contributed by atoms with Crippen LogP contribution >= 0.6 is 0 Å². The molecule has 7 N–H and O–H groups in total. The number of aromatic amines is 1. The minimum Gasteiger partial charge on any atom is -0.481 e. The number of Topliss-reactive ketones (excluding diaryl/α,β-unsaturated/α-hetero) is 1. The van der Waals surface area contributed by atoms with Crippen molar-refractivity contribution in [2.75, 3.05) is 12.3 Å². The number of carbonyl (C=O) groups excluding carboxylic acids is 2. The molecule has 8 heteroatoms. The topological polar surface area (TPSA) is 151 Å². The molecule has 4 aromatic rings. The van der Waals surface area contributed by atoms with E-state index in [1.165, 1.54) is 0 Å². The van der Waals surface area contributed by atoms with E-state index < -0.39 is 17.9 Å². The lowest BCUT2D eigenvalue weighted by Crippen LogP contribution is -2.35. The molecule has 0 saturated heterocycles. The third kappa shape index (κ3) is 5.39. The number of H-pyrrole nitrogens is 1. The molecule has 1 aromatic heterocycles. The average molecular weight is 471 g/mol. The van der Waals surface area contributed by atoms with Crippen LogP contribution in [0.4, 0.5) is 5.69 Å². The molecule has 0 unspecified atom stereocenters. The van der Waals surface area contributed by atoms with Crippen molar-refractivity contribution in [3.05, 3.63) is 89.6 Å². The summed E-state index contributed by atoms with van der Waals surface area (Å²) in [6, 6.07) is 19.0. The third-order valence-electron chi connectivity index (χ3n) is 5.85. The number of para-hydroxylation sites is 1. The summed E-state index contributed by atoms with van der Waals surface area (Å²) in [5.74, 6) is -1.94. The number of rotatable bonds is 9. The van der Waals surface area contributed by atoms with Crippen LogP contribution in [0.2, 0.25) is 0 Å². The second kappa shape index (κ2) is 10.2. The van der Waals surface area contributed by atoms with Crippen LogP contribution in [0, 0.1) is 0 Å². The maximum absolute atomic E-state index is 13.5. The van der Waals surface area contributed by atoms with E-state index in [1.807, 2.05) is 42.6 Å². The predicted octanol–water partition coefficient (Wildman–Crippen LogP) is 3.37. The molecular weight excluding hydrogens is 444 g/mol. The van der Waals surface area contributed by atoms with Crippen molar-refractivity contribution < 1.29 is 19.5 Å². The number of aliphatic carboxylic acids is 1.